The van der Waals surface area contributed by atoms with Crippen molar-refractivity contribution in [2.24, 2.45) is 7.05 Å². The van der Waals surface area contributed by atoms with Crippen LogP contribution in [0.3, 0.4) is 0 Å². The Morgan fingerprint density at radius 3 is 2.62 bits per heavy atom. The van der Waals surface area contributed by atoms with Crippen LogP contribution in [-0.4, -0.2) is 61.3 Å². The number of piperazine rings is 1. The number of carbonyl (C=O) groups excluding carboxylic acids is 1. The molecule has 2 amide bonds. The Morgan fingerprint density at radius 2 is 2.04 bits per heavy atom. The molecule has 8 nitrogen and oxygen atoms in total. The number of hydrogen-bond acceptors (Lipinski definition) is 4. The molecule has 0 unspecified atom stereocenters. The molecule has 3 heterocycles. The maximum Gasteiger partial charge on any atom is 0.322 e. The summed E-state index contributed by atoms with van der Waals surface area (Å²) in [6.45, 7) is 8.07. The smallest absolute Gasteiger partial charge is 0.322 e. The van der Waals surface area contributed by atoms with Crippen LogP contribution in [0.25, 0.3) is 0 Å². The van der Waals surface area contributed by atoms with Crippen molar-refractivity contribution < 1.29 is 4.79 Å². The summed E-state index contributed by atoms with van der Waals surface area (Å²) in [6, 6.07) is 0.222. The van der Waals surface area contributed by atoms with Gasteiger partial charge in [0, 0.05) is 57.9 Å². The van der Waals surface area contributed by atoms with E-state index in [0.29, 0.717) is 13.1 Å². The molecule has 0 bridgehead atoms. The summed E-state index contributed by atoms with van der Waals surface area (Å²) < 4.78 is 3.87. The number of hydrogen-bond donors (Lipinski definition) is 1. The molecule has 3 rings (SSSR count). The number of aryl methyl sites for hydroxylation is 1. The number of nitrogens with one attached hydrogen (secondary N) is 1. The third-order valence-electron chi connectivity index (χ3n) is 4.33. The van der Waals surface area contributed by atoms with Crippen LogP contribution >= 0.6 is 0 Å². The maximum atomic E-state index is 12.4. The molecular weight excluding hydrogens is 306 g/mol. The number of rotatable bonds is 4. The van der Waals surface area contributed by atoms with Crippen LogP contribution < -0.4 is 5.32 Å². The van der Waals surface area contributed by atoms with E-state index in [0.717, 1.165) is 31.1 Å². The zero-order valence-corrected chi connectivity index (χ0v) is 14.5. The van der Waals surface area contributed by atoms with Crippen LogP contribution in [0.15, 0.2) is 24.8 Å². The normalized spacial score (nSPS) is 15.9. The van der Waals surface area contributed by atoms with Gasteiger partial charge in [0.25, 0.3) is 0 Å². The lowest BCUT2D eigenvalue weighted by atomic mass is 10.3. The van der Waals surface area contributed by atoms with Crippen LogP contribution in [0.5, 0.6) is 0 Å². The van der Waals surface area contributed by atoms with Gasteiger partial charge in [0.2, 0.25) is 0 Å². The fourth-order valence-corrected chi connectivity index (χ4v) is 2.75. The Labute approximate surface area is 142 Å². The summed E-state index contributed by atoms with van der Waals surface area (Å²) in [5.41, 5.74) is 0.740. The number of imidazole rings is 1. The molecule has 1 aliphatic heterocycles. The monoisotopic (exact) mass is 331 g/mol. The van der Waals surface area contributed by atoms with Gasteiger partial charge in [-0.2, -0.15) is 5.10 Å². The van der Waals surface area contributed by atoms with Crippen molar-refractivity contribution in [3.8, 4) is 0 Å². The van der Waals surface area contributed by atoms with Crippen molar-refractivity contribution in [1.82, 2.24) is 29.1 Å². The minimum absolute atomic E-state index is 0.0602. The lowest BCUT2D eigenvalue weighted by Gasteiger charge is -2.34. The summed E-state index contributed by atoms with van der Waals surface area (Å²) >= 11 is 0. The Kier molecular flexibility index (Phi) is 4.84. The molecule has 0 aliphatic carbocycles. The molecule has 0 aromatic carbocycles. The summed E-state index contributed by atoms with van der Waals surface area (Å²) in [4.78, 5) is 20.9. The third-order valence-corrected chi connectivity index (χ3v) is 4.33. The fourth-order valence-electron chi connectivity index (χ4n) is 2.75. The standard InChI is InChI=1S/C16H25N7O/c1-13(2)23-11-14(10-18-23)19-16(24)22-8-6-21(7-9-22)12-15-17-4-5-20(15)3/h4-5,10-11,13H,6-9,12H2,1-3H3,(H,19,24). The van der Waals surface area contributed by atoms with Crippen molar-refractivity contribution in [1.29, 1.82) is 0 Å². The molecule has 1 N–H and O–H groups in total. The first-order valence-electron chi connectivity index (χ1n) is 8.31. The highest BCUT2D eigenvalue weighted by molar-refractivity contribution is 5.89. The van der Waals surface area contributed by atoms with Gasteiger partial charge in [-0.3, -0.25) is 9.58 Å². The molecule has 2 aromatic heterocycles. The van der Waals surface area contributed by atoms with Gasteiger partial charge >= 0.3 is 6.03 Å². The van der Waals surface area contributed by atoms with Gasteiger partial charge in [-0.05, 0) is 13.8 Å². The molecule has 1 aliphatic rings. The van der Waals surface area contributed by atoms with E-state index in [1.54, 1.807) is 6.20 Å². The van der Waals surface area contributed by atoms with E-state index < -0.39 is 0 Å². The maximum absolute atomic E-state index is 12.4. The van der Waals surface area contributed by atoms with Gasteiger partial charge in [-0.15, -0.1) is 0 Å². The van der Waals surface area contributed by atoms with E-state index in [2.05, 4.69) is 34.1 Å². The second-order valence-corrected chi connectivity index (χ2v) is 6.45. The van der Waals surface area contributed by atoms with Crippen LogP contribution in [0.4, 0.5) is 10.5 Å². The average molecular weight is 331 g/mol. The van der Waals surface area contributed by atoms with Gasteiger partial charge in [0.15, 0.2) is 0 Å². The zero-order chi connectivity index (χ0) is 17.1. The molecule has 8 heteroatoms. The molecule has 1 saturated heterocycles. The number of carbonyl (C=O) groups is 1. The Bertz CT molecular complexity index is 682. The quantitative estimate of drug-likeness (QED) is 0.923. The lowest BCUT2D eigenvalue weighted by molar-refractivity contribution is 0.140. The second-order valence-electron chi connectivity index (χ2n) is 6.45. The van der Waals surface area contributed by atoms with Gasteiger partial charge in [-0.1, -0.05) is 0 Å². The molecule has 0 spiro atoms. The van der Waals surface area contributed by atoms with Crippen molar-refractivity contribution in [3.63, 3.8) is 0 Å². The van der Waals surface area contributed by atoms with E-state index in [9.17, 15) is 4.79 Å². The van der Waals surface area contributed by atoms with Crippen LogP contribution in [0, 0.1) is 0 Å². The molecule has 1 fully saturated rings. The number of amides is 2. The van der Waals surface area contributed by atoms with Gasteiger partial charge in [0.05, 0.1) is 18.4 Å². The van der Waals surface area contributed by atoms with Crippen molar-refractivity contribution >= 4 is 11.7 Å². The lowest BCUT2D eigenvalue weighted by Crippen LogP contribution is -2.49. The Hall–Kier alpha value is -2.35. The minimum atomic E-state index is -0.0602. The van der Waals surface area contributed by atoms with Crippen molar-refractivity contribution in [3.05, 3.63) is 30.6 Å². The van der Waals surface area contributed by atoms with Crippen molar-refractivity contribution in [2.75, 3.05) is 31.5 Å². The van der Waals surface area contributed by atoms with Crippen molar-refractivity contribution in [2.45, 2.75) is 26.4 Å². The predicted molar refractivity (Wildman–Crippen MR) is 91.7 cm³/mol. The van der Waals surface area contributed by atoms with Gasteiger partial charge in [0.1, 0.15) is 5.82 Å². The number of nitrogens with zero attached hydrogens (tertiary/aromatic N) is 6. The van der Waals surface area contributed by atoms with Gasteiger partial charge in [-0.25, -0.2) is 9.78 Å². The first-order chi connectivity index (χ1) is 11.5. The average Bonchev–Trinajstić information content (AvgIpc) is 3.18. The van der Waals surface area contributed by atoms with Gasteiger partial charge < -0.3 is 14.8 Å². The molecule has 2 aromatic rings. The summed E-state index contributed by atoms with van der Waals surface area (Å²) in [5.74, 6) is 1.05. The SMILES string of the molecule is CC(C)n1cc(NC(=O)N2CCN(Cc3nccn3C)CC2)cn1. The highest BCUT2D eigenvalue weighted by Crippen LogP contribution is 2.12. The predicted octanol–water partition coefficient (Wildman–Crippen LogP) is 1.55. The molecular formula is C16H25N7O. The number of anilines is 1. The summed E-state index contributed by atoms with van der Waals surface area (Å²) in [6.07, 6.45) is 7.32. The summed E-state index contributed by atoms with van der Waals surface area (Å²) in [5, 5.41) is 7.17. The highest BCUT2D eigenvalue weighted by atomic mass is 16.2. The van der Waals surface area contributed by atoms with E-state index in [-0.39, 0.29) is 12.1 Å². The van der Waals surface area contributed by atoms with E-state index >= 15 is 0 Å². The molecule has 0 saturated carbocycles. The van der Waals surface area contributed by atoms with Crippen LogP contribution in [-0.2, 0) is 13.6 Å². The van der Waals surface area contributed by atoms with Crippen LogP contribution in [0.1, 0.15) is 25.7 Å². The second kappa shape index (κ2) is 7.04. The third kappa shape index (κ3) is 3.76. The first-order valence-corrected chi connectivity index (χ1v) is 8.31. The van der Waals surface area contributed by atoms with E-state index in [1.165, 1.54) is 0 Å². The topological polar surface area (TPSA) is 71.2 Å². The summed E-state index contributed by atoms with van der Waals surface area (Å²) in [7, 11) is 2.00. The van der Waals surface area contributed by atoms with E-state index in [1.807, 2.05) is 39.8 Å². The molecule has 130 valence electrons. The van der Waals surface area contributed by atoms with Crippen LogP contribution in [0.2, 0.25) is 0 Å². The molecule has 24 heavy (non-hydrogen) atoms. The largest absolute Gasteiger partial charge is 0.337 e. The first kappa shape index (κ1) is 16.5. The Balaban J connectivity index is 1.48. The van der Waals surface area contributed by atoms with E-state index in [4.69, 9.17) is 0 Å². The molecule has 0 atom stereocenters. The number of aromatic nitrogens is 4. The minimum Gasteiger partial charge on any atom is -0.337 e. The fraction of sp³-hybridized carbons (Fsp3) is 0.562. The zero-order valence-electron chi connectivity index (χ0n) is 14.5. The molecule has 0 radical (unpaired) electrons. The number of urea groups is 1. The Morgan fingerprint density at radius 1 is 1.29 bits per heavy atom. The highest BCUT2D eigenvalue weighted by Gasteiger charge is 2.22.